The summed E-state index contributed by atoms with van der Waals surface area (Å²) in [4.78, 5) is 53.0. The molecule has 1 fully saturated rings. The van der Waals surface area contributed by atoms with Gasteiger partial charge in [0.05, 0.1) is 13.1 Å². The van der Waals surface area contributed by atoms with Gasteiger partial charge in [0.25, 0.3) is 0 Å². The molecule has 49 heavy (non-hydrogen) atoms. The van der Waals surface area contributed by atoms with Gasteiger partial charge in [0.15, 0.2) is 0 Å². The van der Waals surface area contributed by atoms with Gasteiger partial charge in [0.2, 0.25) is 0 Å². The highest BCUT2D eigenvalue weighted by molar-refractivity contribution is 5.81. The van der Waals surface area contributed by atoms with Crippen molar-refractivity contribution in [2.75, 3.05) is 52.5 Å². The number of carbonyl (C=O) groups is 4. The van der Waals surface area contributed by atoms with Crippen molar-refractivity contribution in [1.29, 1.82) is 0 Å². The molecule has 0 spiro atoms. The second kappa shape index (κ2) is 15.9. The van der Waals surface area contributed by atoms with Crippen LogP contribution in [0.3, 0.4) is 0 Å². The lowest BCUT2D eigenvalue weighted by Gasteiger charge is -2.34. The number of nitrogens with zero attached hydrogens (tertiary/aromatic N) is 2. The standard InChI is InChI=1S/C37H44N4O8/c1-37(2,3)49-33(42)23-40-17-19-41(20-18-40)35(45)38-16-21-47-26-14-12-25(13-15-26)22-32(34(43)44)39-36(46)48-24-31-29-10-6-4-8-27(29)28-9-5-7-11-30(28)31/h4-15,31-32H,16-24H2,1-3H3,(H,38,45)(H,39,46)(H,43,44)/t32-/m0/s1. The number of carboxylic acids is 1. The van der Waals surface area contributed by atoms with Crippen LogP contribution in [0, 0.1) is 0 Å². The summed E-state index contributed by atoms with van der Waals surface area (Å²) in [5.74, 6) is -1.02. The van der Waals surface area contributed by atoms with E-state index in [-0.39, 0.29) is 44.1 Å². The molecule has 3 N–H and O–H groups in total. The van der Waals surface area contributed by atoms with E-state index in [1.807, 2.05) is 74.2 Å². The molecule has 12 heteroatoms. The maximum Gasteiger partial charge on any atom is 0.407 e. The van der Waals surface area contributed by atoms with Crippen LogP contribution in [0.5, 0.6) is 5.75 Å². The third-order valence-electron chi connectivity index (χ3n) is 8.38. The molecule has 1 atom stereocenters. The third-order valence-corrected chi connectivity index (χ3v) is 8.38. The van der Waals surface area contributed by atoms with Gasteiger partial charge < -0.3 is 34.9 Å². The van der Waals surface area contributed by atoms with Crippen molar-refractivity contribution in [1.82, 2.24) is 20.4 Å². The first-order valence-corrected chi connectivity index (χ1v) is 16.5. The summed E-state index contributed by atoms with van der Waals surface area (Å²) in [6.07, 6.45) is -0.736. The fourth-order valence-electron chi connectivity index (χ4n) is 6.04. The Hall–Kier alpha value is -5.10. The predicted molar refractivity (Wildman–Crippen MR) is 183 cm³/mol. The van der Waals surface area contributed by atoms with Crippen LogP contribution in [-0.2, 0) is 25.5 Å². The molecule has 0 bridgehead atoms. The largest absolute Gasteiger partial charge is 0.492 e. The highest BCUT2D eigenvalue weighted by Gasteiger charge is 2.30. The Morgan fingerprint density at radius 2 is 1.49 bits per heavy atom. The van der Waals surface area contributed by atoms with E-state index in [9.17, 15) is 24.3 Å². The highest BCUT2D eigenvalue weighted by Crippen LogP contribution is 2.44. The Bertz CT molecular complexity index is 1580. The van der Waals surface area contributed by atoms with Crippen LogP contribution in [0.4, 0.5) is 9.59 Å². The minimum Gasteiger partial charge on any atom is -0.492 e. The zero-order valence-corrected chi connectivity index (χ0v) is 28.1. The van der Waals surface area contributed by atoms with Gasteiger partial charge in [-0.25, -0.2) is 14.4 Å². The van der Waals surface area contributed by atoms with Crippen LogP contribution in [0.1, 0.15) is 43.4 Å². The maximum absolute atomic E-state index is 12.7. The number of carboxylic acid groups (broad SMARTS) is 1. The monoisotopic (exact) mass is 672 g/mol. The molecule has 0 radical (unpaired) electrons. The van der Waals surface area contributed by atoms with Crippen LogP contribution in [0.25, 0.3) is 11.1 Å². The molecule has 0 aromatic heterocycles. The molecule has 3 aromatic carbocycles. The number of ether oxygens (including phenoxy) is 3. The van der Waals surface area contributed by atoms with E-state index >= 15 is 0 Å². The number of hydrogen-bond donors (Lipinski definition) is 3. The normalized spacial score (nSPS) is 15.0. The summed E-state index contributed by atoms with van der Waals surface area (Å²) < 4.78 is 16.7. The Labute approximate surface area is 286 Å². The van der Waals surface area contributed by atoms with Crippen LogP contribution in [-0.4, -0.2) is 103 Å². The van der Waals surface area contributed by atoms with E-state index < -0.39 is 23.7 Å². The van der Waals surface area contributed by atoms with E-state index in [0.29, 0.717) is 44.0 Å². The van der Waals surface area contributed by atoms with E-state index in [1.165, 1.54) is 0 Å². The second-order valence-corrected chi connectivity index (χ2v) is 13.1. The number of nitrogens with one attached hydrogen (secondary N) is 2. The lowest BCUT2D eigenvalue weighted by Crippen LogP contribution is -2.53. The van der Waals surface area contributed by atoms with Gasteiger partial charge in [0.1, 0.15) is 30.6 Å². The lowest BCUT2D eigenvalue weighted by molar-refractivity contribution is -0.156. The lowest BCUT2D eigenvalue weighted by atomic mass is 9.98. The summed E-state index contributed by atoms with van der Waals surface area (Å²) >= 11 is 0. The number of esters is 1. The number of amides is 3. The van der Waals surface area contributed by atoms with E-state index in [0.717, 1.165) is 22.3 Å². The predicted octanol–water partition coefficient (Wildman–Crippen LogP) is 4.27. The summed E-state index contributed by atoms with van der Waals surface area (Å²) in [6.45, 7) is 8.50. The average Bonchev–Trinajstić information content (AvgIpc) is 3.39. The quantitative estimate of drug-likeness (QED) is 0.190. The fraction of sp³-hybridized carbons (Fsp3) is 0.405. The zero-order chi connectivity index (χ0) is 35.0. The molecule has 0 unspecified atom stereocenters. The maximum atomic E-state index is 12.7. The number of urea groups is 1. The molecule has 260 valence electrons. The Balaban J connectivity index is 1.01. The number of piperazine rings is 1. The summed E-state index contributed by atoms with van der Waals surface area (Å²) in [5.41, 5.74) is 4.52. The van der Waals surface area contributed by atoms with Crippen molar-refractivity contribution < 1.29 is 38.5 Å². The van der Waals surface area contributed by atoms with Crippen molar-refractivity contribution in [2.45, 2.75) is 44.8 Å². The molecule has 0 saturated carbocycles. The Morgan fingerprint density at radius 1 is 0.878 bits per heavy atom. The van der Waals surface area contributed by atoms with E-state index in [1.54, 1.807) is 29.2 Å². The van der Waals surface area contributed by atoms with Gasteiger partial charge in [-0.05, 0) is 60.7 Å². The van der Waals surface area contributed by atoms with Crippen molar-refractivity contribution in [3.8, 4) is 16.9 Å². The van der Waals surface area contributed by atoms with Crippen molar-refractivity contribution in [3.05, 3.63) is 89.5 Å². The zero-order valence-electron chi connectivity index (χ0n) is 28.1. The van der Waals surface area contributed by atoms with Crippen molar-refractivity contribution in [3.63, 3.8) is 0 Å². The number of rotatable bonds is 12. The van der Waals surface area contributed by atoms with Gasteiger partial charge in [-0.3, -0.25) is 9.69 Å². The first-order chi connectivity index (χ1) is 23.5. The molecule has 1 heterocycles. The molecule has 1 aliphatic heterocycles. The Kier molecular flexibility index (Phi) is 11.4. The highest BCUT2D eigenvalue weighted by atomic mass is 16.6. The first kappa shape index (κ1) is 35.2. The molecular weight excluding hydrogens is 628 g/mol. The molecule has 3 amide bonds. The van der Waals surface area contributed by atoms with Gasteiger partial charge >= 0.3 is 24.1 Å². The number of aliphatic carboxylic acids is 1. The fourth-order valence-corrected chi connectivity index (χ4v) is 6.04. The van der Waals surface area contributed by atoms with Gasteiger partial charge in [-0.15, -0.1) is 0 Å². The number of hydrogen-bond acceptors (Lipinski definition) is 8. The molecular formula is C37H44N4O8. The first-order valence-electron chi connectivity index (χ1n) is 16.5. The topological polar surface area (TPSA) is 147 Å². The van der Waals surface area contributed by atoms with Crippen molar-refractivity contribution in [2.24, 2.45) is 0 Å². The minimum atomic E-state index is -1.18. The molecule has 5 rings (SSSR count). The third kappa shape index (κ3) is 9.73. The van der Waals surface area contributed by atoms with Crippen LogP contribution < -0.4 is 15.4 Å². The van der Waals surface area contributed by atoms with Gasteiger partial charge in [-0.2, -0.15) is 0 Å². The van der Waals surface area contributed by atoms with Crippen LogP contribution in [0.15, 0.2) is 72.8 Å². The number of benzene rings is 3. The summed E-state index contributed by atoms with van der Waals surface area (Å²) in [5, 5.41) is 15.1. The summed E-state index contributed by atoms with van der Waals surface area (Å²) in [6, 6.07) is 21.5. The van der Waals surface area contributed by atoms with Gasteiger partial charge in [0, 0.05) is 38.5 Å². The molecule has 1 aliphatic carbocycles. The van der Waals surface area contributed by atoms with Crippen LogP contribution in [0.2, 0.25) is 0 Å². The summed E-state index contributed by atoms with van der Waals surface area (Å²) in [7, 11) is 0. The van der Waals surface area contributed by atoms with Crippen molar-refractivity contribution >= 4 is 24.1 Å². The second-order valence-electron chi connectivity index (χ2n) is 13.1. The van der Waals surface area contributed by atoms with Gasteiger partial charge in [-0.1, -0.05) is 60.7 Å². The number of alkyl carbamates (subject to hydrolysis) is 1. The van der Waals surface area contributed by atoms with E-state index in [4.69, 9.17) is 14.2 Å². The van der Waals surface area contributed by atoms with Crippen LogP contribution >= 0.6 is 0 Å². The Morgan fingerprint density at radius 3 is 2.08 bits per heavy atom. The SMILES string of the molecule is CC(C)(C)OC(=O)CN1CCN(C(=O)NCCOc2ccc(C[C@H](NC(=O)OCC3c4ccccc4-c4ccccc43)C(=O)O)cc2)CC1. The number of fused-ring (bicyclic) bond motifs is 3. The number of carbonyl (C=O) groups excluding carboxylic acids is 3. The molecule has 12 nitrogen and oxygen atoms in total. The molecule has 3 aromatic rings. The minimum absolute atomic E-state index is 0.0565. The molecule has 1 saturated heterocycles. The smallest absolute Gasteiger partial charge is 0.407 e. The average molecular weight is 673 g/mol. The molecule has 2 aliphatic rings. The van der Waals surface area contributed by atoms with E-state index in [2.05, 4.69) is 10.6 Å².